The number of carbonyl (C=O) groups is 1. The molecule has 154 valence electrons. The summed E-state index contributed by atoms with van der Waals surface area (Å²) >= 11 is 0. The number of carbonyl (C=O) groups excluding carboxylic acids is 1. The highest BCUT2D eigenvalue weighted by molar-refractivity contribution is 5.68. The molecule has 1 aromatic heterocycles. The van der Waals surface area contributed by atoms with E-state index in [4.69, 9.17) is 4.74 Å². The molecule has 1 heterocycles. The molecule has 0 fully saturated rings. The number of benzene rings is 1. The number of aromatic nitrogens is 2. The van der Waals surface area contributed by atoms with Crippen molar-refractivity contribution in [2.45, 2.75) is 65.9 Å². The molecule has 0 aliphatic rings. The van der Waals surface area contributed by atoms with Crippen molar-refractivity contribution < 1.29 is 22.7 Å². The fourth-order valence-electron chi connectivity index (χ4n) is 2.70. The third-order valence-corrected chi connectivity index (χ3v) is 3.95. The third kappa shape index (κ3) is 5.50. The Morgan fingerprint density at radius 1 is 1.25 bits per heavy atom. The van der Waals surface area contributed by atoms with Gasteiger partial charge < -0.3 is 14.6 Å². The minimum absolute atomic E-state index is 0.175. The first-order chi connectivity index (χ1) is 12.8. The van der Waals surface area contributed by atoms with Gasteiger partial charge in [-0.25, -0.2) is 9.78 Å². The molecule has 0 aliphatic heterocycles. The van der Waals surface area contributed by atoms with Gasteiger partial charge in [-0.2, -0.15) is 13.2 Å². The molecule has 0 radical (unpaired) electrons. The average Bonchev–Trinajstić information content (AvgIpc) is 2.97. The Bertz CT molecular complexity index is 849. The zero-order chi connectivity index (χ0) is 21.3. The maximum atomic E-state index is 13.1. The summed E-state index contributed by atoms with van der Waals surface area (Å²) in [5.41, 5.74) is 0.695. The van der Waals surface area contributed by atoms with Crippen molar-refractivity contribution in [1.29, 1.82) is 0 Å². The number of alkyl halides is 3. The van der Waals surface area contributed by atoms with E-state index in [0.717, 1.165) is 17.3 Å². The SMILES string of the molecule is Cc1cc(CNC(=O)OC(C)(C)C)ccc1-c1nc(C(F)(F)F)cn1C(C)C. The highest BCUT2D eigenvalue weighted by atomic mass is 19.4. The van der Waals surface area contributed by atoms with Crippen LogP contribution in [0.15, 0.2) is 24.4 Å². The van der Waals surface area contributed by atoms with Crippen molar-refractivity contribution in [1.82, 2.24) is 14.9 Å². The molecule has 8 heteroatoms. The Balaban J connectivity index is 2.25. The van der Waals surface area contributed by atoms with E-state index in [1.54, 1.807) is 53.7 Å². The number of hydrogen-bond donors (Lipinski definition) is 1. The molecule has 2 aromatic rings. The van der Waals surface area contributed by atoms with E-state index in [1.807, 2.05) is 6.07 Å². The van der Waals surface area contributed by atoms with Crippen LogP contribution in [0.1, 0.15) is 57.5 Å². The first-order valence-corrected chi connectivity index (χ1v) is 9.01. The summed E-state index contributed by atoms with van der Waals surface area (Å²) in [5.74, 6) is 0.270. The number of hydrogen-bond acceptors (Lipinski definition) is 3. The molecule has 1 amide bonds. The summed E-state index contributed by atoms with van der Waals surface area (Å²) in [4.78, 5) is 15.6. The normalized spacial score (nSPS) is 12.4. The highest BCUT2D eigenvalue weighted by Gasteiger charge is 2.35. The van der Waals surface area contributed by atoms with Crippen molar-refractivity contribution in [2.24, 2.45) is 0 Å². The second-order valence-corrected chi connectivity index (χ2v) is 7.95. The molecule has 0 saturated heterocycles. The van der Waals surface area contributed by atoms with E-state index in [2.05, 4.69) is 10.3 Å². The van der Waals surface area contributed by atoms with E-state index in [-0.39, 0.29) is 18.4 Å². The molecule has 1 N–H and O–H groups in total. The van der Waals surface area contributed by atoms with E-state index in [0.29, 0.717) is 5.56 Å². The van der Waals surface area contributed by atoms with Crippen LogP contribution in [-0.4, -0.2) is 21.2 Å². The monoisotopic (exact) mass is 397 g/mol. The van der Waals surface area contributed by atoms with Gasteiger partial charge in [0.2, 0.25) is 0 Å². The maximum absolute atomic E-state index is 13.1. The number of amides is 1. The quantitative estimate of drug-likeness (QED) is 0.743. The first-order valence-electron chi connectivity index (χ1n) is 9.01. The van der Waals surface area contributed by atoms with E-state index in [1.165, 1.54) is 4.57 Å². The second-order valence-electron chi connectivity index (χ2n) is 7.95. The number of nitrogens with zero attached hydrogens (tertiary/aromatic N) is 2. The smallest absolute Gasteiger partial charge is 0.434 e. The number of halogens is 3. The lowest BCUT2D eigenvalue weighted by Gasteiger charge is -2.20. The van der Waals surface area contributed by atoms with Gasteiger partial charge in [-0.3, -0.25) is 0 Å². The van der Waals surface area contributed by atoms with Crippen LogP contribution in [0, 0.1) is 6.92 Å². The second kappa shape index (κ2) is 7.85. The number of aryl methyl sites for hydroxylation is 1. The molecule has 28 heavy (non-hydrogen) atoms. The summed E-state index contributed by atoms with van der Waals surface area (Å²) in [6, 6.07) is 5.13. The largest absolute Gasteiger partial charge is 0.444 e. The van der Waals surface area contributed by atoms with Crippen molar-refractivity contribution in [3.05, 3.63) is 41.2 Å². The summed E-state index contributed by atoms with van der Waals surface area (Å²) in [7, 11) is 0. The zero-order valence-electron chi connectivity index (χ0n) is 16.9. The van der Waals surface area contributed by atoms with Crippen LogP contribution in [0.3, 0.4) is 0 Å². The highest BCUT2D eigenvalue weighted by Crippen LogP contribution is 2.33. The third-order valence-electron chi connectivity index (χ3n) is 3.95. The first kappa shape index (κ1) is 21.8. The molecule has 2 rings (SSSR count). The van der Waals surface area contributed by atoms with Crippen LogP contribution in [0.4, 0.5) is 18.0 Å². The predicted octanol–water partition coefficient (Wildman–Crippen LogP) is 5.48. The number of alkyl carbamates (subject to hydrolysis) is 1. The van der Waals surface area contributed by atoms with Gasteiger partial charge in [0.15, 0.2) is 5.69 Å². The van der Waals surface area contributed by atoms with Gasteiger partial charge in [-0.1, -0.05) is 18.2 Å². The van der Waals surface area contributed by atoms with Gasteiger partial charge in [0.25, 0.3) is 0 Å². The maximum Gasteiger partial charge on any atom is 0.434 e. The van der Waals surface area contributed by atoms with Crippen LogP contribution in [0.25, 0.3) is 11.4 Å². The van der Waals surface area contributed by atoms with Crippen LogP contribution in [0.5, 0.6) is 0 Å². The van der Waals surface area contributed by atoms with Crippen molar-refractivity contribution in [3.63, 3.8) is 0 Å². The topological polar surface area (TPSA) is 56.1 Å². The molecule has 5 nitrogen and oxygen atoms in total. The Hall–Kier alpha value is -2.51. The van der Waals surface area contributed by atoms with Crippen LogP contribution in [0.2, 0.25) is 0 Å². The summed E-state index contributed by atoms with van der Waals surface area (Å²) in [6.07, 6.45) is -3.99. The number of rotatable bonds is 4. The standard InChI is InChI=1S/C20H26F3N3O2/c1-12(2)26-11-16(20(21,22)23)25-17(26)15-8-7-14(9-13(15)3)10-24-18(27)28-19(4,5)6/h7-9,11-12H,10H2,1-6H3,(H,24,27). The van der Waals surface area contributed by atoms with Gasteiger partial charge >= 0.3 is 12.3 Å². The van der Waals surface area contributed by atoms with Gasteiger partial charge in [0.1, 0.15) is 11.4 Å². The Morgan fingerprint density at radius 3 is 2.39 bits per heavy atom. The van der Waals surface area contributed by atoms with Gasteiger partial charge in [-0.15, -0.1) is 0 Å². The van der Waals surface area contributed by atoms with Crippen LogP contribution < -0.4 is 5.32 Å². The number of ether oxygens (including phenoxy) is 1. The predicted molar refractivity (Wildman–Crippen MR) is 101 cm³/mol. The molecule has 0 atom stereocenters. The molecule has 0 saturated carbocycles. The lowest BCUT2D eigenvalue weighted by molar-refractivity contribution is -0.140. The van der Waals surface area contributed by atoms with Crippen molar-refractivity contribution >= 4 is 6.09 Å². The van der Waals surface area contributed by atoms with Crippen molar-refractivity contribution in [3.8, 4) is 11.4 Å². The minimum atomic E-state index is -4.50. The molecular weight excluding hydrogens is 371 g/mol. The molecule has 1 aromatic carbocycles. The van der Waals surface area contributed by atoms with Crippen LogP contribution in [-0.2, 0) is 17.5 Å². The van der Waals surface area contributed by atoms with Gasteiger partial charge in [0.05, 0.1) is 0 Å². The fourth-order valence-corrected chi connectivity index (χ4v) is 2.70. The Kier molecular flexibility index (Phi) is 6.11. The Morgan fingerprint density at radius 2 is 1.89 bits per heavy atom. The lowest BCUT2D eigenvalue weighted by Crippen LogP contribution is -2.32. The van der Waals surface area contributed by atoms with Crippen LogP contribution >= 0.6 is 0 Å². The summed E-state index contributed by atoms with van der Waals surface area (Å²) < 4.78 is 46.0. The average molecular weight is 397 g/mol. The fraction of sp³-hybridized carbons (Fsp3) is 0.500. The molecular formula is C20H26F3N3O2. The van der Waals surface area contributed by atoms with E-state index in [9.17, 15) is 18.0 Å². The minimum Gasteiger partial charge on any atom is -0.444 e. The summed E-state index contributed by atoms with van der Waals surface area (Å²) in [6.45, 7) is 11.0. The van der Waals surface area contributed by atoms with E-state index >= 15 is 0 Å². The molecule has 0 spiro atoms. The summed E-state index contributed by atoms with van der Waals surface area (Å²) in [5, 5.41) is 2.66. The lowest BCUT2D eigenvalue weighted by atomic mass is 10.0. The van der Waals surface area contributed by atoms with Gasteiger partial charge in [-0.05, 0) is 52.7 Å². The number of imidazole rings is 1. The molecule has 0 aliphatic carbocycles. The van der Waals surface area contributed by atoms with Gasteiger partial charge in [0, 0.05) is 24.3 Å². The van der Waals surface area contributed by atoms with E-state index < -0.39 is 23.6 Å². The van der Waals surface area contributed by atoms with Crippen molar-refractivity contribution in [2.75, 3.05) is 0 Å². The molecule has 0 unspecified atom stereocenters. The number of nitrogens with one attached hydrogen (secondary N) is 1. The zero-order valence-corrected chi connectivity index (χ0v) is 16.9. The Labute approximate surface area is 162 Å². The molecule has 0 bridgehead atoms.